The van der Waals surface area contributed by atoms with E-state index in [9.17, 15) is 4.79 Å². The van der Waals surface area contributed by atoms with Gasteiger partial charge in [0.2, 0.25) is 0 Å². The Balaban J connectivity index is 1.91. The molecular formula is C12H15ClN6O. The van der Waals surface area contributed by atoms with E-state index in [0.717, 1.165) is 25.3 Å². The van der Waals surface area contributed by atoms with E-state index in [4.69, 9.17) is 11.6 Å². The van der Waals surface area contributed by atoms with Gasteiger partial charge in [0.15, 0.2) is 11.0 Å². The second-order valence-corrected chi connectivity index (χ2v) is 5.30. The molecule has 0 amide bonds. The predicted octanol–water partition coefficient (Wildman–Crippen LogP) is 0.819. The zero-order valence-corrected chi connectivity index (χ0v) is 12.1. The van der Waals surface area contributed by atoms with Crippen molar-refractivity contribution in [2.24, 2.45) is 7.05 Å². The van der Waals surface area contributed by atoms with Gasteiger partial charge in [0, 0.05) is 32.3 Å². The average Bonchev–Trinajstić information content (AvgIpc) is 2.76. The van der Waals surface area contributed by atoms with Gasteiger partial charge in [-0.15, -0.1) is 0 Å². The normalized spacial score (nSPS) is 15.2. The second kappa shape index (κ2) is 4.92. The zero-order valence-electron chi connectivity index (χ0n) is 11.3. The van der Waals surface area contributed by atoms with Crippen LogP contribution in [-0.2, 0) is 20.1 Å². The molecule has 1 aliphatic heterocycles. The third kappa shape index (κ3) is 2.41. The van der Waals surface area contributed by atoms with Crippen LogP contribution in [0.25, 0.3) is 0 Å². The molecule has 7 nitrogen and oxygen atoms in total. The first-order valence-corrected chi connectivity index (χ1v) is 6.67. The quantitative estimate of drug-likeness (QED) is 0.888. The number of rotatable bonds is 2. The van der Waals surface area contributed by atoms with Gasteiger partial charge in [0.1, 0.15) is 5.69 Å². The molecule has 3 heterocycles. The Kier molecular flexibility index (Phi) is 3.23. The number of likely N-dealkylation sites (N-methyl/N-ethyl adjacent to an activating group) is 1. The number of fused-ring (bicyclic) bond motifs is 1. The van der Waals surface area contributed by atoms with Gasteiger partial charge in [0.25, 0.3) is 5.56 Å². The van der Waals surface area contributed by atoms with Gasteiger partial charge < -0.3 is 5.32 Å². The molecule has 3 rings (SSSR count). The summed E-state index contributed by atoms with van der Waals surface area (Å²) in [5.41, 5.74) is 1.26. The molecule has 0 atom stereocenters. The van der Waals surface area contributed by atoms with Crippen LogP contribution in [0.2, 0.25) is 5.15 Å². The zero-order chi connectivity index (χ0) is 14.3. The fraction of sp³-hybridized carbons (Fsp3) is 0.417. The molecule has 2 aromatic heterocycles. The smallest absolute Gasteiger partial charge is 0.290 e. The molecule has 2 aromatic rings. The highest BCUT2D eigenvalue weighted by Crippen LogP contribution is 2.18. The Morgan fingerprint density at radius 3 is 2.85 bits per heavy atom. The maximum absolute atomic E-state index is 12.0. The number of hydrogen-bond acceptors (Lipinski definition) is 5. The van der Waals surface area contributed by atoms with E-state index in [-0.39, 0.29) is 10.7 Å². The first-order valence-electron chi connectivity index (χ1n) is 6.29. The Morgan fingerprint density at radius 1 is 1.25 bits per heavy atom. The van der Waals surface area contributed by atoms with Gasteiger partial charge in [0.05, 0.1) is 12.2 Å². The van der Waals surface area contributed by atoms with E-state index in [1.54, 1.807) is 7.05 Å². The molecular weight excluding hydrogens is 280 g/mol. The summed E-state index contributed by atoms with van der Waals surface area (Å²) in [4.78, 5) is 14.2. The number of aryl methyl sites for hydroxylation is 1. The topological polar surface area (TPSA) is 68.0 Å². The van der Waals surface area contributed by atoms with Crippen molar-refractivity contribution in [1.29, 1.82) is 0 Å². The van der Waals surface area contributed by atoms with Crippen molar-refractivity contribution < 1.29 is 0 Å². The van der Waals surface area contributed by atoms with Crippen molar-refractivity contribution >= 4 is 23.1 Å². The van der Waals surface area contributed by atoms with Gasteiger partial charge in [-0.1, -0.05) is 11.6 Å². The molecule has 0 bridgehead atoms. The van der Waals surface area contributed by atoms with Crippen molar-refractivity contribution in [1.82, 2.24) is 24.5 Å². The second-order valence-electron chi connectivity index (χ2n) is 4.92. The standard InChI is InChI=1S/C12H15ClN6O/c1-17-3-4-19-8(7-17)5-11(16-19)14-9-6-10(13)15-18(2)12(9)20/h5-6H,3-4,7H2,1-2H3,(H,14,16). The fourth-order valence-electron chi connectivity index (χ4n) is 2.26. The molecule has 0 saturated heterocycles. The Morgan fingerprint density at radius 2 is 2.05 bits per heavy atom. The number of aromatic nitrogens is 4. The van der Waals surface area contributed by atoms with Crippen molar-refractivity contribution in [2.45, 2.75) is 13.1 Å². The van der Waals surface area contributed by atoms with E-state index in [0.29, 0.717) is 11.5 Å². The Bertz CT molecular complexity index is 706. The summed E-state index contributed by atoms with van der Waals surface area (Å²) in [6.07, 6.45) is 0. The summed E-state index contributed by atoms with van der Waals surface area (Å²) in [5.74, 6) is 0.648. The summed E-state index contributed by atoms with van der Waals surface area (Å²) >= 11 is 5.87. The molecule has 0 saturated carbocycles. The first-order chi connectivity index (χ1) is 9.52. The first kappa shape index (κ1) is 13.1. The molecule has 0 unspecified atom stereocenters. The summed E-state index contributed by atoms with van der Waals surface area (Å²) in [6.45, 7) is 2.67. The van der Waals surface area contributed by atoms with Crippen LogP contribution >= 0.6 is 11.6 Å². The van der Waals surface area contributed by atoms with Gasteiger partial charge in [-0.05, 0) is 7.05 Å². The van der Waals surface area contributed by atoms with Crippen molar-refractivity contribution in [2.75, 3.05) is 18.9 Å². The Hall–Kier alpha value is -1.86. The van der Waals surface area contributed by atoms with Crippen LogP contribution in [0.4, 0.5) is 11.5 Å². The van der Waals surface area contributed by atoms with Crippen LogP contribution < -0.4 is 10.9 Å². The van der Waals surface area contributed by atoms with Crippen LogP contribution in [0.1, 0.15) is 5.69 Å². The number of hydrogen-bond donors (Lipinski definition) is 1. The predicted molar refractivity (Wildman–Crippen MR) is 76.3 cm³/mol. The SMILES string of the molecule is CN1CCn2nc(Nc3cc(Cl)nn(C)c3=O)cc2C1. The van der Waals surface area contributed by atoms with Crippen LogP contribution in [0.3, 0.4) is 0 Å². The van der Waals surface area contributed by atoms with Gasteiger partial charge in [-0.3, -0.25) is 14.4 Å². The molecule has 1 N–H and O–H groups in total. The van der Waals surface area contributed by atoms with E-state index < -0.39 is 0 Å². The van der Waals surface area contributed by atoms with Gasteiger partial charge in [-0.2, -0.15) is 10.2 Å². The maximum atomic E-state index is 12.0. The van der Waals surface area contributed by atoms with Crippen LogP contribution in [0.15, 0.2) is 16.9 Å². The van der Waals surface area contributed by atoms with Crippen molar-refractivity contribution in [3.05, 3.63) is 33.3 Å². The van der Waals surface area contributed by atoms with E-state index >= 15 is 0 Å². The lowest BCUT2D eigenvalue weighted by Gasteiger charge is -2.22. The molecule has 0 aromatic carbocycles. The summed E-state index contributed by atoms with van der Waals surface area (Å²) in [6, 6.07) is 3.46. The molecule has 0 spiro atoms. The van der Waals surface area contributed by atoms with Crippen LogP contribution in [0.5, 0.6) is 0 Å². The third-order valence-corrected chi connectivity index (χ3v) is 3.47. The third-order valence-electron chi connectivity index (χ3n) is 3.28. The number of nitrogens with zero attached hydrogens (tertiary/aromatic N) is 5. The lowest BCUT2D eigenvalue weighted by molar-refractivity contribution is 0.259. The average molecular weight is 295 g/mol. The summed E-state index contributed by atoms with van der Waals surface area (Å²) < 4.78 is 3.16. The van der Waals surface area contributed by atoms with E-state index in [2.05, 4.69) is 27.5 Å². The lowest BCUT2D eigenvalue weighted by Crippen LogP contribution is -2.30. The number of nitrogens with one attached hydrogen (secondary N) is 1. The van der Waals surface area contributed by atoms with Crippen molar-refractivity contribution in [3.63, 3.8) is 0 Å². The minimum atomic E-state index is -0.238. The number of halogens is 1. The molecule has 8 heteroatoms. The van der Waals surface area contributed by atoms with Crippen molar-refractivity contribution in [3.8, 4) is 0 Å². The van der Waals surface area contributed by atoms with Gasteiger partial charge in [-0.25, -0.2) is 4.68 Å². The van der Waals surface area contributed by atoms with Gasteiger partial charge >= 0.3 is 0 Å². The highest BCUT2D eigenvalue weighted by molar-refractivity contribution is 6.29. The highest BCUT2D eigenvalue weighted by Gasteiger charge is 2.16. The molecule has 20 heavy (non-hydrogen) atoms. The molecule has 1 aliphatic rings. The molecule has 106 valence electrons. The summed E-state index contributed by atoms with van der Waals surface area (Å²) in [7, 11) is 3.63. The molecule has 0 fully saturated rings. The maximum Gasteiger partial charge on any atom is 0.290 e. The Labute approximate surface area is 120 Å². The minimum Gasteiger partial charge on any atom is -0.334 e. The lowest BCUT2D eigenvalue weighted by atomic mass is 10.3. The summed E-state index contributed by atoms with van der Waals surface area (Å²) in [5, 5.41) is 11.6. The largest absolute Gasteiger partial charge is 0.334 e. The minimum absolute atomic E-state index is 0.238. The van der Waals surface area contributed by atoms with E-state index in [1.807, 2.05) is 10.7 Å². The molecule has 0 radical (unpaired) electrons. The van der Waals surface area contributed by atoms with Crippen LogP contribution in [-0.4, -0.2) is 38.1 Å². The molecule has 0 aliphatic carbocycles. The number of anilines is 2. The van der Waals surface area contributed by atoms with Crippen LogP contribution in [0, 0.1) is 0 Å². The van der Waals surface area contributed by atoms with E-state index in [1.165, 1.54) is 10.7 Å². The monoisotopic (exact) mass is 294 g/mol. The highest BCUT2D eigenvalue weighted by atomic mass is 35.5. The fourth-order valence-corrected chi connectivity index (χ4v) is 2.48.